The minimum absolute atomic E-state index is 0.579. The van der Waals surface area contributed by atoms with Crippen LogP contribution in [0.1, 0.15) is 13.3 Å². The summed E-state index contributed by atoms with van der Waals surface area (Å²) >= 11 is 0. The number of aryl methyl sites for hydroxylation is 2. The van der Waals surface area contributed by atoms with Crippen molar-refractivity contribution < 1.29 is 9.30 Å². The number of nitrogen functional groups attached to an aromatic ring is 2. The predicted molar refractivity (Wildman–Crippen MR) is 145 cm³/mol. The van der Waals surface area contributed by atoms with Gasteiger partial charge in [-0.3, -0.25) is 0 Å². The summed E-state index contributed by atoms with van der Waals surface area (Å²) < 4.78 is 9.74. The molecule has 0 aliphatic heterocycles. The number of hydrogen-bond donors (Lipinski definition) is 5. The van der Waals surface area contributed by atoms with Crippen molar-refractivity contribution in [3.8, 4) is 5.75 Å². The molecule has 0 amide bonds. The molecule has 35 heavy (non-hydrogen) atoms. The fraction of sp³-hybridized carbons (Fsp3) is 0.222. The summed E-state index contributed by atoms with van der Waals surface area (Å²) in [6.07, 6.45) is 7.26. The Bertz CT molecular complexity index is 1230. The molecule has 0 saturated heterocycles. The second-order valence-electron chi connectivity index (χ2n) is 8.41. The van der Waals surface area contributed by atoms with Gasteiger partial charge in [0.25, 0.3) is 0 Å². The number of nitrogens with one attached hydrogen (secondary N) is 3. The van der Waals surface area contributed by atoms with Crippen LogP contribution in [-0.2, 0) is 13.6 Å². The second-order valence-corrected chi connectivity index (χ2v) is 8.41. The normalized spacial score (nSPS) is 10.7. The van der Waals surface area contributed by atoms with E-state index in [4.69, 9.17) is 16.2 Å². The minimum atomic E-state index is 0.579. The number of hydrogen-bond acceptors (Lipinski definition) is 6. The zero-order valence-corrected chi connectivity index (χ0v) is 20.3. The number of ether oxygens (including phenoxy) is 1. The molecule has 1 aromatic heterocycles. The van der Waals surface area contributed by atoms with Crippen molar-refractivity contribution in [3.63, 3.8) is 0 Å². The van der Waals surface area contributed by atoms with E-state index in [1.807, 2.05) is 67.2 Å². The second kappa shape index (κ2) is 11.2. The summed E-state index contributed by atoms with van der Waals surface area (Å²) in [5, 5.41) is 10.2. The van der Waals surface area contributed by atoms with E-state index in [1.54, 1.807) is 6.07 Å². The Morgan fingerprint density at radius 1 is 0.857 bits per heavy atom. The van der Waals surface area contributed by atoms with E-state index >= 15 is 0 Å². The van der Waals surface area contributed by atoms with Crippen molar-refractivity contribution in [2.75, 3.05) is 40.6 Å². The van der Waals surface area contributed by atoms with Crippen LogP contribution in [0.15, 0.2) is 79.4 Å². The molecule has 7 N–H and O–H groups in total. The lowest BCUT2D eigenvalue weighted by Gasteiger charge is -2.16. The molecule has 0 aliphatic carbocycles. The maximum atomic E-state index is 6.24. The van der Waals surface area contributed by atoms with Gasteiger partial charge in [0.05, 0.1) is 42.9 Å². The van der Waals surface area contributed by atoms with Gasteiger partial charge in [0.15, 0.2) is 0 Å². The van der Waals surface area contributed by atoms with Crippen LogP contribution in [0.5, 0.6) is 5.75 Å². The van der Waals surface area contributed by atoms with Crippen LogP contribution >= 0.6 is 0 Å². The third-order valence-electron chi connectivity index (χ3n) is 5.58. The Morgan fingerprint density at radius 2 is 1.46 bits per heavy atom. The molecule has 8 heteroatoms. The molecular weight excluding hydrogens is 438 g/mol. The molecule has 0 saturated carbocycles. The molecule has 8 nitrogen and oxygen atoms in total. The highest BCUT2D eigenvalue weighted by Gasteiger charge is 2.08. The summed E-state index contributed by atoms with van der Waals surface area (Å²) in [4.78, 5) is 0. The summed E-state index contributed by atoms with van der Waals surface area (Å²) in [7, 11) is 2.03. The standard InChI is InChI=1S/C27H34N7O/c1-3-35-23-11-9-22(10-12-23)32-27-18-26(24(28)17-25(27)29)31-21-7-5-20(6-8-21)30-13-4-14-34-16-15-33(2)19-34/h5-12,15-19,30-32H,3-4,13-14,28-29H2,1-2H3/q+1. The van der Waals surface area contributed by atoms with Crippen molar-refractivity contribution in [1.29, 1.82) is 0 Å². The van der Waals surface area contributed by atoms with E-state index < -0.39 is 0 Å². The molecule has 4 aromatic rings. The van der Waals surface area contributed by atoms with E-state index in [1.165, 1.54) is 0 Å². The number of imidazole rings is 1. The summed E-state index contributed by atoms with van der Waals surface area (Å²) in [5.41, 5.74) is 18.1. The van der Waals surface area contributed by atoms with E-state index in [0.717, 1.165) is 53.7 Å². The largest absolute Gasteiger partial charge is 0.494 e. The van der Waals surface area contributed by atoms with E-state index in [-0.39, 0.29) is 0 Å². The fourth-order valence-electron chi connectivity index (χ4n) is 3.76. The molecule has 3 aromatic carbocycles. The molecule has 1 heterocycles. The maximum absolute atomic E-state index is 6.24. The first-order valence-electron chi connectivity index (χ1n) is 11.8. The zero-order chi connectivity index (χ0) is 24.6. The summed E-state index contributed by atoms with van der Waals surface area (Å²) in [5.74, 6) is 0.832. The average Bonchev–Trinajstić information content (AvgIpc) is 3.27. The quantitative estimate of drug-likeness (QED) is 0.121. The minimum Gasteiger partial charge on any atom is -0.494 e. The first-order valence-corrected chi connectivity index (χ1v) is 11.8. The van der Waals surface area contributed by atoms with Gasteiger partial charge >= 0.3 is 0 Å². The van der Waals surface area contributed by atoms with Gasteiger partial charge in [0, 0.05) is 30.0 Å². The molecule has 4 rings (SSSR count). The van der Waals surface area contributed by atoms with Gasteiger partial charge in [0.2, 0.25) is 6.33 Å². The highest BCUT2D eigenvalue weighted by molar-refractivity contribution is 5.85. The zero-order valence-electron chi connectivity index (χ0n) is 20.3. The number of benzene rings is 3. The number of rotatable bonds is 11. The molecule has 0 unspecified atom stereocenters. The molecule has 182 valence electrons. The smallest absolute Gasteiger partial charge is 0.243 e. The molecule has 0 aliphatic rings. The van der Waals surface area contributed by atoms with Crippen LogP contribution in [0.2, 0.25) is 0 Å². The molecule has 0 radical (unpaired) electrons. The van der Waals surface area contributed by atoms with Gasteiger partial charge in [-0.2, -0.15) is 0 Å². The van der Waals surface area contributed by atoms with E-state index in [0.29, 0.717) is 18.0 Å². The van der Waals surface area contributed by atoms with E-state index in [2.05, 4.69) is 45.2 Å². The Labute approximate surface area is 206 Å². The topological polar surface area (TPSA) is 106 Å². The lowest BCUT2D eigenvalue weighted by atomic mass is 10.2. The predicted octanol–water partition coefficient (Wildman–Crippen LogP) is 4.87. The van der Waals surface area contributed by atoms with Gasteiger partial charge in [0.1, 0.15) is 18.1 Å². The lowest BCUT2D eigenvalue weighted by Crippen LogP contribution is -2.23. The Morgan fingerprint density at radius 3 is 2.03 bits per heavy atom. The highest BCUT2D eigenvalue weighted by Crippen LogP contribution is 2.34. The van der Waals surface area contributed by atoms with Crippen molar-refractivity contribution in [3.05, 3.63) is 79.4 Å². The van der Waals surface area contributed by atoms with Gasteiger partial charge in [-0.15, -0.1) is 0 Å². The number of nitrogens with two attached hydrogens (primary N) is 2. The van der Waals surface area contributed by atoms with Crippen LogP contribution in [0.25, 0.3) is 0 Å². The van der Waals surface area contributed by atoms with Crippen LogP contribution in [0.3, 0.4) is 0 Å². The molecule has 0 spiro atoms. The summed E-state index contributed by atoms with van der Waals surface area (Å²) in [6.45, 7) is 4.49. The number of aromatic nitrogens is 2. The third kappa shape index (κ3) is 6.60. The monoisotopic (exact) mass is 472 g/mol. The molecule has 0 atom stereocenters. The van der Waals surface area contributed by atoms with Gasteiger partial charge in [-0.1, -0.05) is 0 Å². The van der Waals surface area contributed by atoms with Gasteiger partial charge in [-0.05, 0) is 67.6 Å². The SMILES string of the molecule is CCOc1ccc(Nc2cc(Nc3ccc(NCCCn4cc[n+](C)c4)cc3)c(N)cc2N)cc1. The number of nitrogens with zero attached hydrogens (tertiary/aromatic N) is 2. The Kier molecular flexibility index (Phi) is 7.62. The van der Waals surface area contributed by atoms with Crippen LogP contribution in [0.4, 0.5) is 39.8 Å². The van der Waals surface area contributed by atoms with Gasteiger partial charge in [-0.25, -0.2) is 9.13 Å². The lowest BCUT2D eigenvalue weighted by molar-refractivity contribution is -0.671. The van der Waals surface area contributed by atoms with Crippen LogP contribution in [-0.4, -0.2) is 17.7 Å². The van der Waals surface area contributed by atoms with Crippen LogP contribution < -0.4 is 36.7 Å². The van der Waals surface area contributed by atoms with Crippen molar-refractivity contribution >= 4 is 39.8 Å². The van der Waals surface area contributed by atoms with Crippen molar-refractivity contribution in [2.24, 2.45) is 7.05 Å². The highest BCUT2D eigenvalue weighted by atomic mass is 16.5. The van der Waals surface area contributed by atoms with Crippen LogP contribution in [0, 0.1) is 0 Å². The molecular formula is C27H34N7O+. The van der Waals surface area contributed by atoms with Crippen molar-refractivity contribution in [2.45, 2.75) is 19.9 Å². The first kappa shape index (κ1) is 23.8. The van der Waals surface area contributed by atoms with E-state index in [9.17, 15) is 0 Å². The summed E-state index contributed by atoms with van der Waals surface area (Å²) in [6, 6.07) is 19.6. The average molecular weight is 473 g/mol. The Hall–Kier alpha value is -4.33. The van der Waals surface area contributed by atoms with Crippen molar-refractivity contribution in [1.82, 2.24) is 4.57 Å². The Balaban J connectivity index is 1.34. The van der Waals surface area contributed by atoms with Gasteiger partial charge < -0.3 is 32.2 Å². The fourth-order valence-corrected chi connectivity index (χ4v) is 3.76. The molecule has 0 bridgehead atoms. The number of anilines is 7. The first-order chi connectivity index (χ1) is 17.0. The molecule has 0 fully saturated rings. The third-order valence-corrected chi connectivity index (χ3v) is 5.58. The maximum Gasteiger partial charge on any atom is 0.243 e.